The molecule has 2 aromatic rings. The molecule has 3 rings (SSSR count). The number of hydrogen-bond acceptors (Lipinski definition) is 3. The first kappa shape index (κ1) is 21.7. The summed E-state index contributed by atoms with van der Waals surface area (Å²) < 4.78 is 41.7. The zero-order valence-corrected chi connectivity index (χ0v) is 16.6. The zero-order chi connectivity index (χ0) is 21.9. The van der Waals surface area contributed by atoms with Crippen LogP contribution >= 0.6 is 0 Å². The summed E-state index contributed by atoms with van der Waals surface area (Å²) >= 11 is 0. The van der Waals surface area contributed by atoms with Gasteiger partial charge in [0.15, 0.2) is 5.69 Å². The highest BCUT2D eigenvalue weighted by Crippen LogP contribution is 2.38. The van der Waals surface area contributed by atoms with Crippen molar-refractivity contribution in [3.05, 3.63) is 57.0 Å². The molecule has 30 heavy (non-hydrogen) atoms. The van der Waals surface area contributed by atoms with E-state index in [0.717, 1.165) is 30.4 Å². The van der Waals surface area contributed by atoms with Crippen molar-refractivity contribution in [1.29, 1.82) is 5.26 Å². The monoisotopic (exact) mass is 420 g/mol. The molecule has 1 saturated carbocycles. The molecule has 1 fully saturated rings. The van der Waals surface area contributed by atoms with Gasteiger partial charge in [-0.3, -0.25) is 19.4 Å². The van der Waals surface area contributed by atoms with Crippen molar-refractivity contribution in [3.63, 3.8) is 0 Å². The molecule has 160 valence electrons. The topological polar surface area (TPSA) is 90.7 Å². The van der Waals surface area contributed by atoms with Gasteiger partial charge >= 0.3 is 6.18 Å². The Morgan fingerprint density at radius 3 is 2.47 bits per heavy atom. The average molecular weight is 420 g/mol. The number of nitrogens with one attached hydrogen (secondary N) is 2. The number of alkyl halides is 3. The van der Waals surface area contributed by atoms with E-state index in [1.807, 2.05) is 31.2 Å². The van der Waals surface area contributed by atoms with Crippen LogP contribution in [-0.4, -0.2) is 15.7 Å². The molecular formula is C21H23F3N4O2. The van der Waals surface area contributed by atoms with Crippen molar-refractivity contribution < 1.29 is 18.0 Å². The Balaban J connectivity index is 1.97. The Hall–Kier alpha value is -3.02. The van der Waals surface area contributed by atoms with Gasteiger partial charge in [-0.15, -0.1) is 0 Å². The van der Waals surface area contributed by atoms with Gasteiger partial charge in [0.1, 0.15) is 17.7 Å². The van der Waals surface area contributed by atoms with E-state index in [4.69, 9.17) is 5.26 Å². The highest BCUT2D eigenvalue weighted by molar-refractivity contribution is 5.80. The molecule has 0 saturated heterocycles. The fraction of sp³-hybridized carbons (Fsp3) is 0.476. The maximum Gasteiger partial charge on any atom is 0.434 e. The van der Waals surface area contributed by atoms with Crippen molar-refractivity contribution in [2.45, 2.75) is 57.8 Å². The molecule has 1 unspecified atom stereocenters. The summed E-state index contributed by atoms with van der Waals surface area (Å²) in [7, 11) is 0. The molecular weight excluding hydrogens is 397 g/mol. The Labute approximate surface area is 171 Å². The number of hydrogen-bond donors (Lipinski definition) is 2. The number of carbonyl (C=O) groups is 1. The molecule has 1 aliphatic carbocycles. The Kier molecular flexibility index (Phi) is 6.34. The fourth-order valence-corrected chi connectivity index (χ4v) is 4.03. The first-order valence-corrected chi connectivity index (χ1v) is 9.87. The largest absolute Gasteiger partial charge is 0.434 e. The minimum absolute atomic E-state index is 0.153. The summed E-state index contributed by atoms with van der Waals surface area (Å²) in [6, 6.07) is 7.51. The van der Waals surface area contributed by atoms with Crippen LogP contribution in [0.15, 0.2) is 29.1 Å². The molecule has 0 bridgehead atoms. The molecule has 1 atom stereocenters. The molecule has 1 heterocycles. The number of H-pyrrole nitrogens is 1. The van der Waals surface area contributed by atoms with E-state index in [9.17, 15) is 22.8 Å². The van der Waals surface area contributed by atoms with Gasteiger partial charge in [-0.1, -0.05) is 49.1 Å². The lowest BCUT2D eigenvalue weighted by Gasteiger charge is -2.31. The standard InChI is InChI=1S/C21H23F3N4O2/c1-13-7-9-14(10-8-13)12-26-20(30)17(15-5-3-2-4-6-15)28-18(21(22,23)24)16(11-25)19(29)27-28/h7-10,15,17H,2-6,12H2,1H3,(H,26,30)(H,27,29). The number of aryl methyl sites for hydroxylation is 1. The van der Waals surface area contributed by atoms with Gasteiger partial charge in [0.05, 0.1) is 0 Å². The maximum absolute atomic E-state index is 13.7. The van der Waals surface area contributed by atoms with Crippen molar-refractivity contribution in [1.82, 2.24) is 15.1 Å². The van der Waals surface area contributed by atoms with Crippen LogP contribution in [0.5, 0.6) is 0 Å². The van der Waals surface area contributed by atoms with Gasteiger partial charge in [0.25, 0.3) is 5.56 Å². The molecule has 9 heteroatoms. The summed E-state index contributed by atoms with van der Waals surface area (Å²) in [4.78, 5) is 25.1. The summed E-state index contributed by atoms with van der Waals surface area (Å²) in [6.45, 7) is 2.08. The molecule has 0 aliphatic heterocycles. The maximum atomic E-state index is 13.7. The van der Waals surface area contributed by atoms with Crippen LogP contribution in [0.3, 0.4) is 0 Å². The van der Waals surface area contributed by atoms with Crippen LogP contribution in [0.4, 0.5) is 13.2 Å². The molecule has 0 spiro atoms. The van der Waals surface area contributed by atoms with Crippen molar-refractivity contribution in [3.8, 4) is 6.07 Å². The summed E-state index contributed by atoms with van der Waals surface area (Å²) in [5.41, 5.74) is -1.69. The first-order chi connectivity index (χ1) is 14.2. The zero-order valence-electron chi connectivity index (χ0n) is 16.6. The smallest absolute Gasteiger partial charge is 0.350 e. The number of aromatic nitrogens is 2. The number of aromatic amines is 1. The summed E-state index contributed by atoms with van der Waals surface area (Å²) in [5.74, 6) is -0.976. The highest BCUT2D eigenvalue weighted by atomic mass is 19.4. The molecule has 1 aliphatic rings. The highest BCUT2D eigenvalue weighted by Gasteiger charge is 2.44. The molecule has 0 radical (unpaired) electrons. The van der Waals surface area contributed by atoms with E-state index in [2.05, 4.69) is 10.4 Å². The number of nitriles is 1. The van der Waals surface area contributed by atoms with E-state index in [-0.39, 0.29) is 12.5 Å². The molecule has 1 aromatic heterocycles. The van der Waals surface area contributed by atoms with E-state index in [1.54, 1.807) is 0 Å². The Bertz CT molecular complexity index is 993. The first-order valence-electron chi connectivity index (χ1n) is 9.87. The predicted octanol–water partition coefficient (Wildman–Crippen LogP) is 3.81. The van der Waals surface area contributed by atoms with Crippen molar-refractivity contribution in [2.24, 2.45) is 5.92 Å². The third-order valence-electron chi connectivity index (χ3n) is 5.54. The third kappa shape index (κ3) is 4.58. The van der Waals surface area contributed by atoms with Crippen LogP contribution in [0, 0.1) is 24.2 Å². The van der Waals surface area contributed by atoms with Crippen molar-refractivity contribution in [2.75, 3.05) is 0 Å². The molecule has 6 nitrogen and oxygen atoms in total. The van der Waals surface area contributed by atoms with Gasteiger partial charge < -0.3 is 5.32 Å². The van der Waals surface area contributed by atoms with Crippen LogP contribution in [0.1, 0.15) is 60.5 Å². The van der Waals surface area contributed by atoms with E-state index >= 15 is 0 Å². The number of amides is 1. The van der Waals surface area contributed by atoms with E-state index < -0.39 is 34.9 Å². The lowest BCUT2D eigenvalue weighted by molar-refractivity contribution is -0.147. The van der Waals surface area contributed by atoms with Crippen LogP contribution in [0.2, 0.25) is 0 Å². The minimum Gasteiger partial charge on any atom is -0.350 e. The minimum atomic E-state index is -4.95. The van der Waals surface area contributed by atoms with E-state index in [0.29, 0.717) is 17.5 Å². The lowest BCUT2D eigenvalue weighted by atomic mass is 9.83. The number of rotatable bonds is 5. The third-order valence-corrected chi connectivity index (χ3v) is 5.54. The van der Waals surface area contributed by atoms with Gasteiger partial charge in [-0.05, 0) is 31.2 Å². The second-order valence-electron chi connectivity index (χ2n) is 7.69. The van der Waals surface area contributed by atoms with Gasteiger partial charge in [0, 0.05) is 6.54 Å². The van der Waals surface area contributed by atoms with Crippen molar-refractivity contribution >= 4 is 5.91 Å². The lowest BCUT2D eigenvalue weighted by Crippen LogP contribution is -2.39. The molecule has 2 N–H and O–H groups in total. The quantitative estimate of drug-likeness (QED) is 0.771. The predicted molar refractivity (Wildman–Crippen MR) is 103 cm³/mol. The normalized spacial score (nSPS) is 16.1. The number of halogens is 3. The molecule has 1 amide bonds. The van der Waals surface area contributed by atoms with Gasteiger partial charge in [-0.2, -0.15) is 18.4 Å². The second-order valence-corrected chi connectivity index (χ2v) is 7.69. The van der Waals surface area contributed by atoms with Crippen LogP contribution in [0.25, 0.3) is 0 Å². The number of nitrogens with zero attached hydrogens (tertiary/aromatic N) is 2. The number of benzene rings is 1. The fourth-order valence-electron chi connectivity index (χ4n) is 4.03. The molecule has 1 aromatic carbocycles. The Morgan fingerprint density at radius 1 is 1.27 bits per heavy atom. The van der Waals surface area contributed by atoms with Gasteiger partial charge in [0.2, 0.25) is 5.91 Å². The van der Waals surface area contributed by atoms with Gasteiger partial charge in [-0.25, -0.2) is 0 Å². The van der Waals surface area contributed by atoms with Crippen LogP contribution < -0.4 is 10.9 Å². The SMILES string of the molecule is Cc1ccc(CNC(=O)C(C2CCCCC2)n2[nH]c(=O)c(C#N)c2C(F)(F)F)cc1. The van der Waals surface area contributed by atoms with Crippen LogP contribution in [-0.2, 0) is 17.5 Å². The number of carbonyl (C=O) groups excluding carboxylic acids is 1. The second kappa shape index (κ2) is 8.78. The summed E-state index contributed by atoms with van der Waals surface area (Å²) in [6.07, 6.45) is -1.26. The average Bonchev–Trinajstić information content (AvgIpc) is 3.04. The summed E-state index contributed by atoms with van der Waals surface area (Å²) in [5, 5.41) is 13.9. The van der Waals surface area contributed by atoms with E-state index in [1.165, 1.54) is 6.07 Å². The Morgan fingerprint density at radius 2 is 1.90 bits per heavy atom.